The predicted molar refractivity (Wildman–Crippen MR) is 191 cm³/mol. The molecule has 0 radical (unpaired) electrons. The van der Waals surface area contributed by atoms with Crippen LogP contribution in [0.15, 0.2) is 42.5 Å². The van der Waals surface area contributed by atoms with Gasteiger partial charge >= 0.3 is 0 Å². The second-order valence-corrected chi connectivity index (χ2v) is 15.9. The number of benzene rings is 2. The minimum atomic E-state index is -0.885. The van der Waals surface area contributed by atoms with E-state index in [2.05, 4.69) is 50.2 Å². The van der Waals surface area contributed by atoms with Gasteiger partial charge in [-0.25, -0.2) is 0 Å². The van der Waals surface area contributed by atoms with Crippen molar-refractivity contribution < 1.29 is 29.4 Å². The molecule has 49 heavy (non-hydrogen) atoms. The number of rotatable bonds is 13. The third-order valence-corrected chi connectivity index (χ3v) is 11.8. The summed E-state index contributed by atoms with van der Waals surface area (Å²) < 4.78 is 5.99. The number of nitrogens with zero attached hydrogens (tertiary/aromatic N) is 2. The summed E-state index contributed by atoms with van der Waals surface area (Å²) in [7, 11) is 5.60. The third kappa shape index (κ3) is 7.54. The van der Waals surface area contributed by atoms with Gasteiger partial charge in [0.1, 0.15) is 17.9 Å². The molecule has 6 rings (SSSR count). The number of hydroxylamine groups is 2. The first-order valence-electron chi connectivity index (χ1n) is 17.9. The van der Waals surface area contributed by atoms with Crippen molar-refractivity contribution in [1.82, 2.24) is 20.6 Å². The Morgan fingerprint density at radius 3 is 2.43 bits per heavy atom. The Bertz CT molecular complexity index is 1480. The summed E-state index contributed by atoms with van der Waals surface area (Å²) >= 11 is 0. The molecule has 4 aliphatic rings. The summed E-state index contributed by atoms with van der Waals surface area (Å²) in [6.45, 7) is 13.4. The number of ether oxygens (including phenoxy) is 1. The fourth-order valence-corrected chi connectivity index (χ4v) is 8.73. The number of amides is 2. The molecule has 10 nitrogen and oxygen atoms in total. The van der Waals surface area contributed by atoms with Crippen molar-refractivity contribution >= 4 is 11.8 Å². The van der Waals surface area contributed by atoms with E-state index in [1.165, 1.54) is 6.42 Å². The fraction of sp³-hybridized carbons (Fsp3) is 0.641. The van der Waals surface area contributed by atoms with Gasteiger partial charge in [-0.2, -0.15) is 5.06 Å². The van der Waals surface area contributed by atoms with Crippen LogP contribution in [0.25, 0.3) is 11.1 Å². The lowest BCUT2D eigenvalue weighted by Gasteiger charge is -2.62. The van der Waals surface area contributed by atoms with Gasteiger partial charge in [0.2, 0.25) is 5.91 Å². The summed E-state index contributed by atoms with van der Waals surface area (Å²) in [6.07, 6.45) is 0.524. The number of fused-ring (bicyclic) bond motifs is 2. The summed E-state index contributed by atoms with van der Waals surface area (Å²) in [4.78, 5) is 35.8. The van der Waals surface area contributed by atoms with Gasteiger partial charge in [-0.1, -0.05) is 65.0 Å². The zero-order chi connectivity index (χ0) is 35.8. The Hall–Kier alpha value is -3.02. The lowest BCUT2D eigenvalue weighted by Crippen LogP contribution is -2.62. The molecule has 2 bridgehead atoms. The fourth-order valence-electron chi connectivity index (χ4n) is 8.73. The summed E-state index contributed by atoms with van der Waals surface area (Å²) in [5.41, 5.74) is 3.24. The number of nitrogens with one attached hydrogen (secondary N) is 2. The zero-order valence-electron chi connectivity index (χ0n) is 30.8. The van der Waals surface area contributed by atoms with Gasteiger partial charge in [-0.05, 0) is 80.6 Å². The highest BCUT2D eigenvalue weighted by atomic mass is 16.7. The van der Waals surface area contributed by atoms with Gasteiger partial charge < -0.3 is 30.5 Å². The van der Waals surface area contributed by atoms with E-state index < -0.39 is 24.2 Å². The molecule has 3 aliphatic carbocycles. The predicted octanol–water partition coefficient (Wildman–Crippen LogP) is 4.34. The van der Waals surface area contributed by atoms with Crippen molar-refractivity contribution in [2.45, 2.75) is 91.3 Å². The molecular formula is C39H58N4O6. The third-order valence-electron chi connectivity index (χ3n) is 11.8. The van der Waals surface area contributed by atoms with Crippen LogP contribution in [-0.2, 0) is 16.2 Å². The maximum Gasteiger partial charge on any atom is 0.251 e. The van der Waals surface area contributed by atoms with E-state index in [-0.39, 0.29) is 43.0 Å². The summed E-state index contributed by atoms with van der Waals surface area (Å²) in [5, 5.41) is 29.3. The molecule has 4 fully saturated rings. The van der Waals surface area contributed by atoms with Crippen molar-refractivity contribution in [2.75, 3.05) is 34.4 Å². The molecule has 0 aromatic heterocycles. The largest absolute Gasteiger partial charge is 0.496 e. The van der Waals surface area contributed by atoms with Crippen LogP contribution in [0.3, 0.4) is 0 Å². The van der Waals surface area contributed by atoms with Crippen LogP contribution >= 0.6 is 0 Å². The number of methoxy groups -OCH3 is 1. The summed E-state index contributed by atoms with van der Waals surface area (Å²) in [6, 6.07) is 12.5. The van der Waals surface area contributed by atoms with E-state index >= 15 is 0 Å². The lowest BCUT2D eigenvalue weighted by molar-refractivity contribution is -0.183. The van der Waals surface area contributed by atoms with E-state index in [0.717, 1.165) is 29.7 Å². The Kier molecular flexibility index (Phi) is 11.5. The van der Waals surface area contributed by atoms with Crippen molar-refractivity contribution in [2.24, 2.45) is 35.0 Å². The molecule has 9 atom stereocenters. The second-order valence-electron chi connectivity index (χ2n) is 15.9. The van der Waals surface area contributed by atoms with Crippen LogP contribution in [-0.4, -0.2) is 96.7 Å². The SMILES string of the molecule is COc1c(CN2O[C@@H](CO)[C@@H]([C@H](C)O)[C@H]2C(=O)N[C@H]2C[C@H]3C[C@@H]([C@@H]2C)C3(C)C)cccc1-c1cccc(C(=O)NC(CN(C)C)C(C)C)c1. The lowest BCUT2D eigenvalue weighted by atomic mass is 9.45. The van der Waals surface area contributed by atoms with Crippen LogP contribution in [0.1, 0.15) is 70.3 Å². The molecule has 1 heterocycles. The smallest absolute Gasteiger partial charge is 0.251 e. The van der Waals surface area contributed by atoms with Crippen molar-refractivity contribution in [1.29, 1.82) is 0 Å². The number of carbonyl (C=O) groups excluding carboxylic acids is 2. The molecule has 2 aromatic carbocycles. The number of para-hydroxylation sites is 1. The van der Waals surface area contributed by atoms with E-state index in [4.69, 9.17) is 9.57 Å². The van der Waals surface area contributed by atoms with Gasteiger partial charge in [0.25, 0.3) is 5.91 Å². The van der Waals surface area contributed by atoms with E-state index in [9.17, 15) is 19.8 Å². The molecule has 2 amide bonds. The van der Waals surface area contributed by atoms with Crippen molar-refractivity contribution in [3.05, 3.63) is 53.6 Å². The minimum Gasteiger partial charge on any atom is -0.496 e. The second kappa shape index (κ2) is 15.1. The molecule has 1 aliphatic heterocycles. The van der Waals surface area contributed by atoms with Crippen molar-refractivity contribution in [3.63, 3.8) is 0 Å². The van der Waals surface area contributed by atoms with E-state index in [1.807, 2.05) is 56.6 Å². The molecular weight excluding hydrogens is 620 g/mol. The number of aliphatic hydroxyl groups is 2. The molecule has 2 aromatic rings. The molecule has 10 heteroatoms. The van der Waals surface area contributed by atoms with Crippen LogP contribution in [0.4, 0.5) is 0 Å². The molecule has 270 valence electrons. The first-order chi connectivity index (χ1) is 23.2. The Morgan fingerprint density at radius 1 is 1.12 bits per heavy atom. The number of aliphatic hydroxyl groups excluding tert-OH is 2. The Balaban J connectivity index is 1.39. The molecule has 1 saturated heterocycles. The van der Waals surface area contributed by atoms with E-state index in [0.29, 0.717) is 34.5 Å². The van der Waals surface area contributed by atoms with Gasteiger partial charge in [-0.15, -0.1) is 0 Å². The number of hydrogen-bond donors (Lipinski definition) is 4. The Morgan fingerprint density at radius 2 is 1.84 bits per heavy atom. The number of likely N-dealkylation sites (N-methyl/N-ethyl adjacent to an activating group) is 1. The maximum absolute atomic E-state index is 14.1. The monoisotopic (exact) mass is 678 g/mol. The van der Waals surface area contributed by atoms with Crippen molar-refractivity contribution in [3.8, 4) is 16.9 Å². The van der Waals surface area contributed by atoms with Crippen LogP contribution < -0.4 is 15.4 Å². The molecule has 1 unspecified atom stereocenters. The molecule has 3 saturated carbocycles. The standard InChI is InChI=1S/C39H58N4O6/c1-22(2)32(20-42(7)8)41-37(46)26-13-10-12-25(16-26)29-15-11-14-27(36(29)48-9)19-43-35(34(24(4)45)33(21-44)49-43)38(47)40-31-18-28-17-30(23(31)3)39(28,5)6/h10-16,22-24,28,30-35,44-45H,17-21H2,1-9H3,(H,40,47)(H,41,46)/t23-,24-,28+,30-,31-,32?,33-,34+,35-/m0/s1. The maximum atomic E-state index is 14.1. The van der Waals surface area contributed by atoms with E-state index in [1.54, 1.807) is 19.1 Å². The quantitative estimate of drug-likeness (QED) is 0.247. The first-order valence-corrected chi connectivity index (χ1v) is 17.9. The molecule has 4 N–H and O–H groups in total. The van der Waals surface area contributed by atoms with Crippen LogP contribution in [0, 0.1) is 35.0 Å². The number of carbonyl (C=O) groups is 2. The highest BCUT2D eigenvalue weighted by Gasteiger charge is 2.57. The zero-order valence-corrected chi connectivity index (χ0v) is 30.8. The summed E-state index contributed by atoms with van der Waals surface area (Å²) in [5.74, 6) is 1.41. The van der Waals surface area contributed by atoms with Gasteiger partial charge in [0.15, 0.2) is 0 Å². The molecule has 0 spiro atoms. The average Bonchev–Trinajstić information content (AvgIpc) is 3.43. The highest BCUT2D eigenvalue weighted by molar-refractivity contribution is 5.96. The first kappa shape index (κ1) is 37.2. The van der Waals surface area contributed by atoms with Crippen LogP contribution in [0.2, 0.25) is 0 Å². The topological polar surface area (TPSA) is 124 Å². The highest BCUT2D eigenvalue weighted by Crippen LogP contribution is 2.61. The van der Waals surface area contributed by atoms with Gasteiger partial charge in [-0.3, -0.25) is 14.4 Å². The van der Waals surface area contributed by atoms with Crippen LogP contribution in [0.5, 0.6) is 5.75 Å². The average molecular weight is 679 g/mol. The normalized spacial score (nSPS) is 29.0. The number of hydrogen-bond acceptors (Lipinski definition) is 8. The minimum absolute atomic E-state index is 0.00157. The Labute approximate surface area is 292 Å². The van der Waals surface area contributed by atoms with Gasteiger partial charge in [0.05, 0.1) is 26.4 Å². The van der Waals surface area contributed by atoms with Gasteiger partial charge in [0, 0.05) is 41.2 Å².